The van der Waals surface area contributed by atoms with Crippen LogP contribution in [-0.2, 0) is 9.13 Å². The molecule has 0 aliphatic rings. The second-order valence-corrected chi connectivity index (χ2v) is 6.33. The first-order chi connectivity index (χ1) is 4.50. The summed E-state index contributed by atoms with van der Waals surface area (Å²) in [5.41, 5.74) is 0. The molecule has 0 fully saturated rings. The Bertz CT molecular complexity index is 217. The van der Waals surface area contributed by atoms with Gasteiger partial charge in [-0.2, -0.15) is 0 Å². The molecule has 0 spiro atoms. The molecule has 5 N–H and O–H groups in total. The van der Waals surface area contributed by atoms with Gasteiger partial charge in [0.25, 0.3) is 5.08 Å². The van der Waals surface area contributed by atoms with Crippen molar-refractivity contribution in [1.29, 1.82) is 0 Å². The van der Waals surface area contributed by atoms with Gasteiger partial charge in [0.15, 0.2) is 0 Å². The van der Waals surface area contributed by atoms with Crippen LogP contribution in [0.2, 0.25) is 0 Å². The summed E-state index contributed by atoms with van der Waals surface area (Å²) in [7, 11) is -10.4. The molecule has 12 heavy (non-hydrogen) atoms. The first kappa shape index (κ1) is 15.7. The predicted octanol–water partition coefficient (Wildman–Crippen LogP) is -3.88. The molecule has 0 aromatic rings. The topological polar surface area (TPSA) is 135 Å². The van der Waals surface area contributed by atoms with Crippen molar-refractivity contribution in [3.05, 3.63) is 0 Å². The van der Waals surface area contributed by atoms with Gasteiger partial charge in [0.05, 0.1) is 0 Å². The van der Waals surface area contributed by atoms with Gasteiger partial charge in [0.2, 0.25) is 0 Å². The zero-order valence-corrected chi connectivity index (χ0v) is 10.2. The fraction of sp³-hybridized carbons (Fsp3) is 1.00. The van der Waals surface area contributed by atoms with Crippen molar-refractivity contribution >= 4 is 15.2 Å². The van der Waals surface area contributed by atoms with E-state index in [0.29, 0.717) is 6.92 Å². The van der Waals surface area contributed by atoms with Gasteiger partial charge in [0.1, 0.15) is 0 Å². The molecule has 70 valence electrons. The first-order valence-electron chi connectivity index (χ1n) is 2.34. The average molecular weight is 230 g/mol. The van der Waals surface area contributed by atoms with Crippen LogP contribution in [0.1, 0.15) is 8.35 Å². The van der Waals surface area contributed by atoms with Gasteiger partial charge < -0.3 is 26.1 Å². The van der Waals surface area contributed by atoms with Gasteiger partial charge in [-0.1, -0.05) is 0 Å². The van der Waals surface area contributed by atoms with Crippen molar-refractivity contribution in [3.8, 4) is 0 Å². The monoisotopic (exact) mass is 230 g/mol. The van der Waals surface area contributed by atoms with Gasteiger partial charge >= 0.3 is 44.7 Å². The molecule has 0 unspecified atom stereocenters. The van der Waals surface area contributed by atoms with Crippen LogP contribution in [0.15, 0.2) is 0 Å². The molecule has 0 atom stereocenters. The molecular weight excluding hydrogens is 221 g/mol. The average Bonchev–Trinajstić information content (AvgIpc) is 1.58. The second-order valence-electron chi connectivity index (χ2n) is 2.06. The number of rotatable bonds is 2. The Labute approximate surface area is 91.9 Å². The van der Waals surface area contributed by atoms with Crippen molar-refractivity contribution in [2.75, 3.05) is 0 Å². The van der Waals surface area contributed by atoms with E-state index >= 15 is 0 Å². The van der Waals surface area contributed by atoms with E-state index in [0.717, 1.165) is 0 Å². The van der Waals surface area contributed by atoms with E-state index in [1.54, 1.807) is 0 Å². The van der Waals surface area contributed by atoms with Crippen molar-refractivity contribution in [2.24, 2.45) is 0 Å². The molecule has 7 nitrogen and oxygen atoms in total. The third-order valence-corrected chi connectivity index (χ3v) is 4.87. The molecule has 0 heterocycles. The van der Waals surface area contributed by atoms with Crippen LogP contribution >= 0.6 is 15.2 Å². The zero-order valence-electron chi connectivity index (χ0n) is 7.45. The molecule has 0 saturated carbocycles. The van der Waals surface area contributed by atoms with E-state index < -0.39 is 20.3 Å². The first-order valence-corrected chi connectivity index (χ1v) is 5.56. The predicted molar refractivity (Wildman–Crippen MR) is 35.8 cm³/mol. The van der Waals surface area contributed by atoms with Crippen molar-refractivity contribution in [1.82, 2.24) is 0 Å². The second kappa shape index (κ2) is 4.19. The van der Waals surface area contributed by atoms with Gasteiger partial charge in [-0.05, 0) is 6.92 Å². The van der Waals surface area contributed by atoms with Crippen LogP contribution in [0.5, 0.6) is 0 Å². The van der Waals surface area contributed by atoms with E-state index in [4.69, 9.17) is 24.7 Å². The van der Waals surface area contributed by atoms with E-state index in [1.165, 1.54) is 0 Å². The van der Waals surface area contributed by atoms with Gasteiger partial charge in [-0.15, -0.1) is 0 Å². The van der Waals surface area contributed by atoms with E-state index in [2.05, 4.69) is 0 Å². The fourth-order valence-corrected chi connectivity index (χ4v) is 1.53. The minimum absolute atomic E-state index is 0. The van der Waals surface area contributed by atoms with Crippen LogP contribution in [0.3, 0.4) is 0 Å². The van der Waals surface area contributed by atoms with E-state index in [-0.39, 0.29) is 31.0 Å². The van der Waals surface area contributed by atoms with Gasteiger partial charge in [-0.3, -0.25) is 9.13 Å². The maximum Gasteiger partial charge on any atom is 1.00 e. The van der Waals surface area contributed by atoms with Crippen LogP contribution in [0, 0.1) is 0 Å². The number of hydrogen-bond donors (Lipinski definition) is 5. The normalized spacial score (nSPS) is 13.8. The van der Waals surface area contributed by atoms with Crippen molar-refractivity contribution in [2.45, 2.75) is 12.0 Å². The smallest absolute Gasteiger partial charge is 1.00 e. The zero-order chi connectivity index (χ0) is 9.50. The van der Waals surface area contributed by atoms with Crippen molar-refractivity contribution in [3.63, 3.8) is 0 Å². The summed E-state index contributed by atoms with van der Waals surface area (Å²) in [6.07, 6.45) is 0. The quantitative estimate of drug-likeness (QED) is 0.242. The minimum atomic E-state index is -5.20. The molecule has 0 aromatic heterocycles. The summed E-state index contributed by atoms with van der Waals surface area (Å²) in [6, 6.07) is 0. The minimum Gasteiger partial charge on any atom is -1.00 e. The summed E-state index contributed by atoms with van der Waals surface area (Å²) in [6.45, 7) is 0.383. The number of hydrogen-bond acceptors (Lipinski definition) is 3. The maximum absolute atomic E-state index is 10.3. The van der Waals surface area contributed by atoms with Crippen LogP contribution in [-0.4, -0.2) is 29.8 Å². The van der Waals surface area contributed by atoms with E-state index in [1.807, 2.05) is 0 Å². The van der Waals surface area contributed by atoms with Crippen LogP contribution in [0.25, 0.3) is 0 Å². The fourth-order valence-electron chi connectivity index (χ4n) is 0.170. The SMILES string of the molecule is CC(O)(P(=O)(O)O)P(=O)(O)O.[H-].[Na+]. The number of aliphatic hydroxyl groups is 1. The molecule has 0 rings (SSSR count). The Balaban J connectivity index is -0.000000500. The molecule has 10 heteroatoms. The Morgan fingerprint density at radius 3 is 1.25 bits per heavy atom. The molecule has 0 radical (unpaired) electrons. The summed E-state index contributed by atoms with van der Waals surface area (Å²) in [5, 5.41) is 5.37. The van der Waals surface area contributed by atoms with Crippen LogP contribution < -0.4 is 29.6 Å². The van der Waals surface area contributed by atoms with E-state index in [9.17, 15) is 9.13 Å². The summed E-state index contributed by atoms with van der Waals surface area (Å²) >= 11 is 0. The molecule has 0 amide bonds. The van der Waals surface area contributed by atoms with Crippen LogP contribution in [0.4, 0.5) is 0 Å². The summed E-state index contributed by atoms with van der Waals surface area (Å²) in [4.78, 5) is 33.0. The third kappa shape index (κ3) is 3.20. The standard InChI is InChI=1S/C2H8O7P2.Na.H/c1-2(3,10(4,5)6)11(7,8)9;;/h3H,1H3,(H2,4,5,6)(H2,7,8,9);;/q;+1;-1. The molecular formula is C2H9NaO7P2. The third-order valence-electron chi connectivity index (χ3n) is 1.10. The van der Waals surface area contributed by atoms with Gasteiger partial charge in [-0.25, -0.2) is 0 Å². The largest absolute Gasteiger partial charge is 1.00 e. The van der Waals surface area contributed by atoms with Crippen molar-refractivity contribution < 1.29 is 64.8 Å². The summed E-state index contributed by atoms with van der Waals surface area (Å²) < 4.78 is 20.5. The molecule has 0 bridgehead atoms. The Morgan fingerprint density at radius 1 is 1.08 bits per heavy atom. The molecule has 0 aliphatic carbocycles. The molecule has 0 aromatic carbocycles. The Hall–Kier alpha value is 1.26. The molecule has 0 saturated heterocycles. The Kier molecular flexibility index (Phi) is 5.49. The Morgan fingerprint density at radius 2 is 1.25 bits per heavy atom. The maximum atomic E-state index is 10.3. The summed E-state index contributed by atoms with van der Waals surface area (Å²) in [5.74, 6) is 0. The molecule has 0 aliphatic heterocycles. The van der Waals surface area contributed by atoms with Gasteiger partial charge in [0, 0.05) is 0 Å².